The number of halogens is 1. The summed E-state index contributed by atoms with van der Waals surface area (Å²) in [6.45, 7) is -0.214. The average Bonchev–Trinajstić information content (AvgIpc) is 2.88. The summed E-state index contributed by atoms with van der Waals surface area (Å²) in [5.74, 6) is -0.993. The number of H-pyrrole nitrogens is 1. The van der Waals surface area contributed by atoms with Crippen molar-refractivity contribution in [2.24, 2.45) is 0 Å². The normalized spacial score (nSPS) is 9.95. The maximum absolute atomic E-state index is 12.9. The lowest BCUT2D eigenvalue weighted by Crippen LogP contribution is -2.32. The minimum Gasteiger partial charge on any atom is -0.343 e. The van der Waals surface area contributed by atoms with E-state index in [2.05, 4.69) is 20.8 Å². The Labute approximate surface area is 108 Å². The van der Waals surface area contributed by atoms with Crippen LogP contribution in [0.3, 0.4) is 0 Å². The highest BCUT2D eigenvalue weighted by atomic mass is 19.1. The molecule has 0 atom stereocenters. The van der Waals surface area contributed by atoms with Gasteiger partial charge in [-0.15, -0.1) is 0 Å². The van der Waals surface area contributed by atoms with Crippen LogP contribution >= 0.6 is 0 Å². The Hall–Kier alpha value is -2.70. The van der Waals surface area contributed by atoms with Crippen molar-refractivity contribution in [2.45, 2.75) is 0 Å². The van der Waals surface area contributed by atoms with Gasteiger partial charge in [0.2, 0.25) is 5.91 Å². The second-order valence-corrected chi connectivity index (χ2v) is 3.71. The average molecular weight is 262 g/mol. The maximum Gasteiger partial charge on any atom is 0.251 e. The molecule has 0 aliphatic heterocycles. The van der Waals surface area contributed by atoms with Gasteiger partial charge in [-0.1, -0.05) is 6.07 Å². The standard InChI is InChI=1S/C12H11FN4O2/c13-9-3-1-2-8(6-9)12(19)14-7-11(18)16-10-4-5-15-17-10/h1-6H,7H2,(H,14,19)(H2,15,16,17,18). The van der Waals surface area contributed by atoms with Crippen LogP contribution in [0.15, 0.2) is 36.5 Å². The first-order valence-corrected chi connectivity index (χ1v) is 5.48. The quantitative estimate of drug-likeness (QED) is 0.765. The third-order valence-corrected chi connectivity index (χ3v) is 2.27. The van der Waals surface area contributed by atoms with Gasteiger partial charge in [0.15, 0.2) is 0 Å². The van der Waals surface area contributed by atoms with E-state index in [4.69, 9.17) is 0 Å². The molecule has 3 N–H and O–H groups in total. The number of aromatic amines is 1. The van der Waals surface area contributed by atoms with Crippen LogP contribution in [0.5, 0.6) is 0 Å². The summed E-state index contributed by atoms with van der Waals surface area (Å²) in [7, 11) is 0. The second-order valence-electron chi connectivity index (χ2n) is 3.71. The number of benzene rings is 1. The number of aromatic nitrogens is 2. The molecule has 0 radical (unpaired) electrons. The second kappa shape index (κ2) is 5.76. The Bertz CT molecular complexity index is 583. The van der Waals surface area contributed by atoms with E-state index in [0.29, 0.717) is 5.82 Å². The zero-order valence-electron chi connectivity index (χ0n) is 9.81. The molecule has 0 saturated carbocycles. The lowest BCUT2D eigenvalue weighted by molar-refractivity contribution is -0.115. The molecule has 0 bridgehead atoms. The molecule has 0 aliphatic rings. The lowest BCUT2D eigenvalue weighted by atomic mass is 10.2. The number of anilines is 1. The Kier molecular flexibility index (Phi) is 3.87. The van der Waals surface area contributed by atoms with E-state index >= 15 is 0 Å². The molecule has 2 rings (SSSR count). The van der Waals surface area contributed by atoms with Crippen LogP contribution < -0.4 is 10.6 Å². The van der Waals surface area contributed by atoms with Crippen LogP contribution in [0.2, 0.25) is 0 Å². The molecule has 2 aromatic rings. The van der Waals surface area contributed by atoms with Gasteiger partial charge in [0, 0.05) is 11.6 Å². The highest BCUT2D eigenvalue weighted by molar-refractivity contribution is 5.98. The van der Waals surface area contributed by atoms with Gasteiger partial charge in [0.05, 0.1) is 12.7 Å². The van der Waals surface area contributed by atoms with Crippen molar-refractivity contribution in [1.82, 2.24) is 15.5 Å². The van der Waals surface area contributed by atoms with Crippen LogP contribution in [-0.4, -0.2) is 28.6 Å². The summed E-state index contributed by atoms with van der Waals surface area (Å²) in [4.78, 5) is 23.1. The van der Waals surface area contributed by atoms with Crippen molar-refractivity contribution in [3.63, 3.8) is 0 Å². The topological polar surface area (TPSA) is 86.9 Å². The van der Waals surface area contributed by atoms with Crippen molar-refractivity contribution in [3.05, 3.63) is 47.9 Å². The summed E-state index contributed by atoms with van der Waals surface area (Å²) in [5, 5.41) is 11.1. The van der Waals surface area contributed by atoms with Gasteiger partial charge in [-0.25, -0.2) is 4.39 Å². The molecule has 7 heteroatoms. The van der Waals surface area contributed by atoms with Gasteiger partial charge in [0.1, 0.15) is 11.6 Å². The van der Waals surface area contributed by atoms with Crippen molar-refractivity contribution in [2.75, 3.05) is 11.9 Å². The predicted octanol–water partition coefficient (Wildman–Crippen LogP) is 0.917. The minimum absolute atomic E-state index is 0.161. The maximum atomic E-state index is 12.9. The Balaban J connectivity index is 1.85. The van der Waals surface area contributed by atoms with E-state index in [0.717, 1.165) is 6.07 Å². The molecule has 0 fully saturated rings. The summed E-state index contributed by atoms with van der Waals surface area (Å²) in [6.07, 6.45) is 1.49. The van der Waals surface area contributed by atoms with Crippen molar-refractivity contribution in [3.8, 4) is 0 Å². The third kappa shape index (κ3) is 3.63. The molecule has 19 heavy (non-hydrogen) atoms. The SMILES string of the molecule is O=C(CNC(=O)c1cccc(F)c1)Nc1ccn[nH]1. The van der Waals surface area contributed by atoms with E-state index in [1.807, 2.05) is 0 Å². The van der Waals surface area contributed by atoms with Crippen molar-refractivity contribution < 1.29 is 14.0 Å². The van der Waals surface area contributed by atoms with Gasteiger partial charge in [-0.2, -0.15) is 5.10 Å². The fourth-order valence-corrected chi connectivity index (χ4v) is 1.41. The summed E-state index contributed by atoms with van der Waals surface area (Å²) in [6, 6.07) is 6.80. The third-order valence-electron chi connectivity index (χ3n) is 2.27. The number of carbonyl (C=O) groups is 2. The fourth-order valence-electron chi connectivity index (χ4n) is 1.41. The Morgan fingerprint density at radius 3 is 2.84 bits per heavy atom. The number of amides is 2. The number of nitrogens with one attached hydrogen (secondary N) is 3. The fraction of sp³-hybridized carbons (Fsp3) is 0.0833. The van der Waals surface area contributed by atoms with E-state index in [1.54, 1.807) is 6.07 Å². The molecule has 0 aliphatic carbocycles. The van der Waals surface area contributed by atoms with Gasteiger partial charge in [-0.3, -0.25) is 14.7 Å². The monoisotopic (exact) mass is 262 g/mol. The number of rotatable bonds is 4. The van der Waals surface area contributed by atoms with E-state index in [9.17, 15) is 14.0 Å². The van der Waals surface area contributed by atoms with Crippen LogP contribution in [0, 0.1) is 5.82 Å². The Morgan fingerprint density at radius 2 is 2.16 bits per heavy atom. The molecule has 0 spiro atoms. The van der Waals surface area contributed by atoms with E-state index in [1.165, 1.54) is 24.4 Å². The van der Waals surface area contributed by atoms with E-state index in [-0.39, 0.29) is 12.1 Å². The largest absolute Gasteiger partial charge is 0.343 e. The number of carbonyl (C=O) groups excluding carboxylic acids is 2. The zero-order valence-corrected chi connectivity index (χ0v) is 9.81. The summed E-state index contributed by atoms with van der Waals surface area (Å²) >= 11 is 0. The molecule has 0 unspecified atom stereocenters. The molecule has 2 amide bonds. The molecular formula is C12H11FN4O2. The lowest BCUT2D eigenvalue weighted by Gasteiger charge is -2.05. The highest BCUT2D eigenvalue weighted by Gasteiger charge is 2.09. The van der Waals surface area contributed by atoms with Gasteiger partial charge < -0.3 is 10.6 Å². The van der Waals surface area contributed by atoms with Gasteiger partial charge in [-0.05, 0) is 18.2 Å². The Morgan fingerprint density at radius 1 is 1.32 bits per heavy atom. The van der Waals surface area contributed by atoms with Crippen LogP contribution in [0.25, 0.3) is 0 Å². The van der Waals surface area contributed by atoms with Crippen LogP contribution in [-0.2, 0) is 4.79 Å². The summed E-state index contributed by atoms with van der Waals surface area (Å²) in [5.41, 5.74) is 0.161. The van der Waals surface area contributed by atoms with E-state index < -0.39 is 17.6 Å². The van der Waals surface area contributed by atoms with Gasteiger partial charge in [0.25, 0.3) is 5.91 Å². The molecular weight excluding hydrogens is 251 g/mol. The molecule has 1 heterocycles. The zero-order chi connectivity index (χ0) is 13.7. The first-order valence-electron chi connectivity index (χ1n) is 5.48. The van der Waals surface area contributed by atoms with Crippen LogP contribution in [0.4, 0.5) is 10.2 Å². The van der Waals surface area contributed by atoms with Gasteiger partial charge >= 0.3 is 0 Å². The molecule has 1 aromatic heterocycles. The minimum atomic E-state index is -0.515. The van der Waals surface area contributed by atoms with Crippen molar-refractivity contribution in [1.29, 1.82) is 0 Å². The predicted molar refractivity (Wildman–Crippen MR) is 66.0 cm³/mol. The molecule has 6 nitrogen and oxygen atoms in total. The first-order chi connectivity index (χ1) is 9.15. The number of hydrogen-bond acceptors (Lipinski definition) is 3. The number of hydrogen-bond donors (Lipinski definition) is 3. The highest BCUT2D eigenvalue weighted by Crippen LogP contribution is 2.03. The molecule has 0 saturated heterocycles. The molecule has 1 aromatic carbocycles. The smallest absolute Gasteiger partial charge is 0.251 e. The first kappa shape index (κ1) is 12.7. The number of nitrogens with zero attached hydrogens (tertiary/aromatic N) is 1. The summed E-state index contributed by atoms with van der Waals surface area (Å²) < 4.78 is 12.9. The van der Waals surface area contributed by atoms with Crippen LogP contribution in [0.1, 0.15) is 10.4 Å². The molecule has 98 valence electrons. The van der Waals surface area contributed by atoms with Crippen molar-refractivity contribution >= 4 is 17.6 Å².